The average molecular weight is 292 g/mol. The molecular weight excluding hydrogens is 272 g/mol. The van der Waals surface area contributed by atoms with E-state index < -0.39 is 10.0 Å². The van der Waals surface area contributed by atoms with Crippen LogP contribution in [0.25, 0.3) is 0 Å². The molecule has 2 rings (SSSR count). The molecule has 0 bridgehead atoms. The maximum atomic E-state index is 12.2. The van der Waals surface area contributed by atoms with E-state index in [4.69, 9.17) is 5.26 Å². The van der Waals surface area contributed by atoms with E-state index in [-0.39, 0.29) is 17.2 Å². The van der Waals surface area contributed by atoms with E-state index in [9.17, 15) is 8.42 Å². The van der Waals surface area contributed by atoms with Crippen molar-refractivity contribution < 1.29 is 8.42 Å². The number of nitrogens with one attached hydrogen (secondary N) is 1. The number of hydrogen-bond donors (Lipinski definition) is 1. The first kappa shape index (κ1) is 15.0. The fourth-order valence-electron chi connectivity index (χ4n) is 2.79. The summed E-state index contributed by atoms with van der Waals surface area (Å²) < 4.78 is 27.2. The lowest BCUT2D eigenvalue weighted by molar-refractivity contribution is 0.372. The molecule has 1 aliphatic carbocycles. The molecule has 0 radical (unpaired) electrons. The average Bonchev–Trinajstić information content (AvgIpc) is 2.68. The highest BCUT2D eigenvalue weighted by molar-refractivity contribution is 7.88. The summed E-state index contributed by atoms with van der Waals surface area (Å²) in [4.78, 5) is 0. The monoisotopic (exact) mass is 292 g/mol. The summed E-state index contributed by atoms with van der Waals surface area (Å²) in [6.45, 7) is 4.32. The molecule has 1 unspecified atom stereocenters. The zero-order chi connectivity index (χ0) is 14.8. The van der Waals surface area contributed by atoms with Crippen molar-refractivity contribution >= 4 is 10.0 Å². The maximum Gasteiger partial charge on any atom is 0.216 e. The molecule has 4 nitrogen and oxygen atoms in total. The van der Waals surface area contributed by atoms with Gasteiger partial charge in [-0.05, 0) is 36.3 Å². The Hall–Kier alpha value is -1.38. The van der Waals surface area contributed by atoms with Crippen molar-refractivity contribution in [1.29, 1.82) is 5.26 Å². The van der Waals surface area contributed by atoms with Gasteiger partial charge in [-0.25, -0.2) is 13.1 Å². The molecule has 0 saturated heterocycles. The molecule has 0 aliphatic heterocycles. The Morgan fingerprint density at radius 1 is 1.40 bits per heavy atom. The highest BCUT2D eigenvalue weighted by Gasteiger charge is 2.33. The molecule has 5 heteroatoms. The molecule has 20 heavy (non-hydrogen) atoms. The van der Waals surface area contributed by atoms with Gasteiger partial charge in [-0.1, -0.05) is 32.0 Å². The largest absolute Gasteiger partial charge is 0.216 e. The fraction of sp³-hybridized carbons (Fsp3) is 0.533. The standard InChI is InChI=1S/C15H20N2O2S/c1-15(2)8-7-14(9-15)17-20(18,19)11-13-6-4-3-5-12(13)10-16/h3-6,14,17H,7-9,11H2,1-2H3. The summed E-state index contributed by atoms with van der Waals surface area (Å²) in [5, 5.41) is 9.00. The third-order valence-corrected chi connectivity index (χ3v) is 5.18. The van der Waals surface area contributed by atoms with Gasteiger partial charge in [0.15, 0.2) is 0 Å². The predicted octanol–water partition coefficient (Wildman–Crippen LogP) is 2.56. The highest BCUT2D eigenvalue weighted by Crippen LogP contribution is 2.37. The van der Waals surface area contributed by atoms with Gasteiger partial charge in [0, 0.05) is 6.04 Å². The molecule has 1 aromatic rings. The summed E-state index contributed by atoms with van der Waals surface area (Å²) in [5.74, 6) is -0.131. The van der Waals surface area contributed by atoms with E-state index >= 15 is 0 Å². The summed E-state index contributed by atoms with van der Waals surface area (Å²) in [6, 6.07) is 8.88. The number of nitriles is 1. The van der Waals surface area contributed by atoms with Gasteiger partial charge in [0.25, 0.3) is 0 Å². The van der Waals surface area contributed by atoms with Gasteiger partial charge in [0.1, 0.15) is 0 Å². The lowest BCUT2D eigenvalue weighted by Gasteiger charge is -2.18. The quantitative estimate of drug-likeness (QED) is 0.927. The first-order valence-electron chi connectivity index (χ1n) is 6.79. The smallest absolute Gasteiger partial charge is 0.212 e. The van der Waals surface area contributed by atoms with E-state index in [0.717, 1.165) is 19.3 Å². The minimum atomic E-state index is -3.40. The molecule has 1 saturated carbocycles. The van der Waals surface area contributed by atoms with Crippen LogP contribution in [0.15, 0.2) is 24.3 Å². The predicted molar refractivity (Wildman–Crippen MR) is 78.3 cm³/mol. The number of hydrogen-bond acceptors (Lipinski definition) is 3. The Labute approximate surface area is 120 Å². The molecule has 1 atom stereocenters. The second kappa shape index (κ2) is 5.55. The molecule has 108 valence electrons. The molecular formula is C15H20N2O2S. The number of benzene rings is 1. The first-order valence-corrected chi connectivity index (χ1v) is 8.45. The second-order valence-corrected chi connectivity index (χ2v) is 8.00. The molecule has 1 N–H and O–H groups in total. The van der Waals surface area contributed by atoms with Gasteiger partial charge >= 0.3 is 0 Å². The molecule has 0 heterocycles. The summed E-state index contributed by atoms with van der Waals surface area (Å²) in [5.41, 5.74) is 1.18. The topological polar surface area (TPSA) is 70.0 Å². The van der Waals surface area contributed by atoms with Crippen molar-refractivity contribution in [2.75, 3.05) is 0 Å². The van der Waals surface area contributed by atoms with Crippen LogP contribution in [0.5, 0.6) is 0 Å². The Kier molecular flexibility index (Phi) is 4.17. The minimum absolute atomic E-state index is 0.0178. The molecule has 0 amide bonds. The molecule has 1 aromatic carbocycles. The minimum Gasteiger partial charge on any atom is -0.212 e. The SMILES string of the molecule is CC1(C)CCC(NS(=O)(=O)Cc2ccccc2C#N)C1. The Morgan fingerprint density at radius 3 is 2.70 bits per heavy atom. The van der Waals surface area contributed by atoms with E-state index in [1.807, 2.05) is 6.07 Å². The zero-order valence-corrected chi connectivity index (χ0v) is 12.7. The van der Waals surface area contributed by atoms with Crippen LogP contribution in [-0.2, 0) is 15.8 Å². The van der Waals surface area contributed by atoms with Crippen molar-refractivity contribution in [3.05, 3.63) is 35.4 Å². The van der Waals surface area contributed by atoms with Gasteiger partial charge in [-0.15, -0.1) is 0 Å². The van der Waals surface area contributed by atoms with Crippen LogP contribution in [0, 0.1) is 16.7 Å². The summed E-state index contributed by atoms with van der Waals surface area (Å²) >= 11 is 0. The molecule has 1 fully saturated rings. The summed E-state index contributed by atoms with van der Waals surface area (Å²) in [7, 11) is -3.40. The number of rotatable bonds is 4. The van der Waals surface area contributed by atoms with Gasteiger partial charge in [0.05, 0.1) is 17.4 Å². The van der Waals surface area contributed by atoms with Crippen molar-refractivity contribution in [3.8, 4) is 6.07 Å². The van der Waals surface area contributed by atoms with Gasteiger partial charge in [-0.2, -0.15) is 5.26 Å². The van der Waals surface area contributed by atoms with E-state index in [2.05, 4.69) is 18.6 Å². The second-order valence-electron chi connectivity index (χ2n) is 6.25. The molecule has 1 aliphatic rings. The van der Waals surface area contributed by atoms with Crippen molar-refractivity contribution in [2.24, 2.45) is 5.41 Å². The van der Waals surface area contributed by atoms with Gasteiger partial charge < -0.3 is 0 Å². The van der Waals surface area contributed by atoms with Crippen LogP contribution >= 0.6 is 0 Å². The summed E-state index contributed by atoms with van der Waals surface area (Å²) in [6.07, 6.45) is 2.78. The first-order chi connectivity index (χ1) is 9.31. The van der Waals surface area contributed by atoms with Crippen LogP contribution in [0.4, 0.5) is 0 Å². The highest BCUT2D eigenvalue weighted by atomic mass is 32.2. The molecule has 0 aromatic heterocycles. The van der Waals surface area contributed by atoms with Crippen LogP contribution in [0.3, 0.4) is 0 Å². The Bertz CT molecular complexity index is 630. The van der Waals surface area contributed by atoms with E-state index in [1.54, 1.807) is 24.3 Å². The van der Waals surface area contributed by atoms with Crippen molar-refractivity contribution in [2.45, 2.75) is 44.9 Å². The molecule has 0 spiro atoms. The Morgan fingerprint density at radius 2 is 2.10 bits per heavy atom. The van der Waals surface area contributed by atoms with Crippen LogP contribution in [-0.4, -0.2) is 14.5 Å². The number of sulfonamides is 1. The van der Waals surface area contributed by atoms with Crippen LogP contribution in [0.1, 0.15) is 44.2 Å². The van der Waals surface area contributed by atoms with Crippen LogP contribution < -0.4 is 4.72 Å². The Balaban J connectivity index is 2.07. The van der Waals surface area contributed by atoms with Gasteiger partial charge in [0.2, 0.25) is 10.0 Å². The van der Waals surface area contributed by atoms with Crippen molar-refractivity contribution in [1.82, 2.24) is 4.72 Å². The van der Waals surface area contributed by atoms with Crippen molar-refractivity contribution in [3.63, 3.8) is 0 Å². The number of nitrogens with zero attached hydrogens (tertiary/aromatic N) is 1. The van der Waals surface area contributed by atoms with E-state index in [0.29, 0.717) is 11.1 Å². The van der Waals surface area contributed by atoms with Crippen LogP contribution in [0.2, 0.25) is 0 Å². The normalized spacial score (nSPS) is 21.6. The maximum absolute atomic E-state index is 12.2. The third kappa shape index (κ3) is 3.81. The lowest BCUT2D eigenvalue weighted by Crippen LogP contribution is -2.34. The van der Waals surface area contributed by atoms with Gasteiger partial charge in [-0.3, -0.25) is 0 Å². The van der Waals surface area contributed by atoms with E-state index in [1.165, 1.54) is 0 Å². The fourth-order valence-corrected chi connectivity index (χ4v) is 4.25. The zero-order valence-electron chi connectivity index (χ0n) is 11.9. The third-order valence-electron chi connectivity index (χ3n) is 3.80. The lowest BCUT2D eigenvalue weighted by atomic mass is 9.92.